The molecule has 3 aromatic rings. The van der Waals surface area contributed by atoms with Crippen molar-refractivity contribution in [3.05, 3.63) is 108 Å². The number of amides is 3. The summed E-state index contributed by atoms with van der Waals surface area (Å²) in [5.74, 6) is -1.53. The second-order valence-electron chi connectivity index (χ2n) is 8.53. The van der Waals surface area contributed by atoms with Crippen LogP contribution in [-0.2, 0) is 33.6 Å². The summed E-state index contributed by atoms with van der Waals surface area (Å²) in [5, 5.41) is 7.53. The Hall–Kier alpha value is -3.58. The molecule has 0 heterocycles. The van der Waals surface area contributed by atoms with E-state index in [2.05, 4.69) is 28.6 Å². The Labute approximate surface area is 218 Å². The molecule has 6 nitrogen and oxygen atoms in total. The van der Waals surface area contributed by atoms with Crippen molar-refractivity contribution in [1.82, 2.24) is 16.0 Å². The van der Waals surface area contributed by atoms with Gasteiger partial charge >= 0.3 is 0 Å². The summed E-state index contributed by atoms with van der Waals surface area (Å²) in [6.07, 6.45) is 2.39. The minimum absolute atomic E-state index is 0.352. The summed E-state index contributed by atoms with van der Waals surface area (Å²) in [7, 11) is 0. The molecule has 188 valence electrons. The third kappa shape index (κ3) is 9.23. The fourth-order valence-corrected chi connectivity index (χ4v) is 3.92. The molecule has 0 spiro atoms. The number of carbonyl (C=O) groups excluding carboxylic acids is 3. The minimum Gasteiger partial charge on any atom is -0.354 e. The highest BCUT2D eigenvalue weighted by molar-refractivity contribution is 7.81. The Morgan fingerprint density at radius 3 is 1.39 bits per heavy atom. The molecule has 1 atom stereocenters. The maximum Gasteiger partial charge on any atom is 0.252 e. The highest BCUT2D eigenvalue weighted by Gasteiger charge is 2.29. The zero-order valence-corrected chi connectivity index (χ0v) is 21.1. The number of hydrogen-bond acceptors (Lipinski definition) is 4. The van der Waals surface area contributed by atoms with Gasteiger partial charge in [-0.1, -0.05) is 91.0 Å². The average Bonchev–Trinajstić information content (AvgIpc) is 2.91. The first-order chi connectivity index (χ1) is 17.5. The van der Waals surface area contributed by atoms with Crippen LogP contribution < -0.4 is 16.0 Å². The van der Waals surface area contributed by atoms with Gasteiger partial charge in [0.15, 0.2) is 6.04 Å². The van der Waals surface area contributed by atoms with E-state index in [-0.39, 0.29) is 0 Å². The van der Waals surface area contributed by atoms with Crippen LogP contribution in [0.3, 0.4) is 0 Å². The third-order valence-corrected chi connectivity index (χ3v) is 6.27. The van der Waals surface area contributed by atoms with Gasteiger partial charge in [0.2, 0.25) is 5.91 Å². The lowest BCUT2D eigenvalue weighted by molar-refractivity contribution is -0.136. The van der Waals surface area contributed by atoms with E-state index in [4.69, 9.17) is 0 Å². The molecule has 0 unspecified atom stereocenters. The first-order valence-corrected chi connectivity index (χ1v) is 12.7. The molecule has 7 heteroatoms. The molecule has 3 aromatic carbocycles. The van der Waals surface area contributed by atoms with E-state index in [0.717, 1.165) is 16.7 Å². The van der Waals surface area contributed by atoms with E-state index in [1.807, 2.05) is 91.0 Å². The van der Waals surface area contributed by atoms with E-state index < -0.39 is 29.0 Å². The molecular weight excluding hydrogens is 470 g/mol. The van der Waals surface area contributed by atoms with Gasteiger partial charge in [-0.25, -0.2) is 0 Å². The minimum atomic E-state index is -1.34. The van der Waals surface area contributed by atoms with Gasteiger partial charge in [-0.3, -0.25) is 14.4 Å². The molecule has 0 saturated carbocycles. The van der Waals surface area contributed by atoms with Crippen LogP contribution in [0.4, 0.5) is 0 Å². The molecule has 3 N–H and O–H groups in total. The van der Waals surface area contributed by atoms with Crippen LogP contribution in [0.25, 0.3) is 0 Å². The fourth-order valence-electron chi connectivity index (χ4n) is 3.72. The predicted octanol–water partition coefficient (Wildman–Crippen LogP) is 3.12. The van der Waals surface area contributed by atoms with Crippen LogP contribution in [-0.4, -0.2) is 42.1 Å². The molecule has 0 saturated heterocycles. The number of nitrogens with one attached hydrogen (secondary N) is 3. The van der Waals surface area contributed by atoms with Gasteiger partial charge in [-0.2, -0.15) is 12.6 Å². The monoisotopic (exact) mass is 503 g/mol. The van der Waals surface area contributed by atoms with Gasteiger partial charge in [0.25, 0.3) is 11.8 Å². The van der Waals surface area contributed by atoms with Crippen molar-refractivity contribution in [2.24, 2.45) is 0 Å². The number of rotatable bonds is 13. The molecule has 0 fully saturated rings. The van der Waals surface area contributed by atoms with Crippen LogP contribution in [0.5, 0.6) is 0 Å². The molecule has 0 radical (unpaired) electrons. The van der Waals surface area contributed by atoms with Gasteiger partial charge in [0.05, 0.1) is 5.25 Å². The maximum absolute atomic E-state index is 12.9. The second kappa shape index (κ2) is 14.7. The van der Waals surface area contributed by atoms with E-state index in [0.29, 0.717) is 38.8 Å². The number of benzene rings is 3. The third-order valence-electron chi connectivity index (χ3n) is 5.77. The molecule has 3 amide bonds. The van der Waals surface area contributed by atoms with Crippen LogP contribution in [0.1, 0.15) is 23.1 Å². The highest BCUT2D eigenvalue weighted by atomic mass is 32.1. The zero-order valence-electron chi connectivity index (χ0n) is 20.2. The largest absolute Gasteiger partial charge is 0.354 e. The van der Waals surface area contributed by atoms with E-state index in [1.165, 1.54) is 0 Å². The molecular formula is C29H33N3O3S. The SMILES string of the molecule is O=C(NCCc1ccccc1)C(NC(=O)[C@@H](S)CCc1ccccc1)C(=O)NCCc1ccccc1. The van der Waals surface area contributed by atoms with Gasteiger partial charge in [0, 0.05) is 13.1 Å². The Balaban J connectivity index is 1.56. The van der Waals surface area contributed by atoms with E-state index >= 15 is 0 Å². The van der Waals surface area contributed by atoms with Crippen molar-refractivity contribution in [2.75, 3.05) is 13.1 Å². The molecule has 3 rings (SSSR count). The highest BCUT2D eigenvalue weighted by Crippen LogP contribution is 2.10. The first-order valence-electron chi connectivity index (χ1n) is 12.2. The fraction of sp³-hybridized carbons (Fsp3) is 0.276. The lowest BCUT2D eigenvalue weighted by Gasteiger charge is -2.20. The summed E-state index contributed by atoms with van der Waals surface area (Å²) in [5.41, 5.74) is 3.24. The Kier molecular flexibility index (Phi) is 11.1. The van der Waals surface area contributed by atoms with Gasteiger partial charge in [0.1, 0.15) is 0 Å². The predicted molar refractivity (Wildman–Crippen MR) is 146 cm³/mol. The summed E-state index contributed by atoms with van der Waals surface area (Å²) < 4.78 is 0. The molecule has 0 aliphatic heterocycles. The van der Waals surface area contributed by atoms with Gasteiger partial charge in [-0.05, 0) is 42.4 Å². The lowest BCUT2D eigenvalue weighted by Crippen LogP contribution is -2.57. The Morgan fingerprint density at radius 1 is 0.583 bits per heavy atom. The molecule has 0 aromatic heterocycles. The topological polar surface area (TPSA) is 87.3 Å². The summed E-state index contributed by atoms with van der Waals surface area (Å²) in [4.78, 5) is 38.7. The first kappa shape index (κ1) is 27.0. The number of aryl methyl sites for hydroxylation is 1. The van der Waals surface area contributed by atoms with Crippen molar-refractivity contribution in [3.8, 4) is 0 Å². The standard InChI is InChI=1S/C29H33N3O3S/c33-27(25(36)17-16-22-10-4-1-5-11-22)32-26(28(34)30-20-18-23-12-6-2-7-13-23)29(35)31-21-19-24-14-8-3-9-15-24/h1-15,25-26,36H,16-21H2,(H,30,34)(H,31,35)(H,32,33)/t25-/m0/s1. The van der Waals surface area contributed by atoms with Crippen LogP contribution in [0.15, 0.2) is 91.0 Å². The second-order valence-corrected chi connectivity index (χ2v) is 9.16. The van der Waals surface area contributed by atoms with Gasteiger partial charge in [-0.15, -0.1) is 0 Å². The number of thiol groups is 1. The smallest absolute Gasteiger partial charge is 0.252 e. The van der Waals surface area contributed by atoms with Crippen LogP contribution in [0.2, 0.25) is 0 Å². The average molecular weight is 504 g/mol. The van der Waals surface area contributed by atoms with Gasteiger partial charge < -0.3 is 16.0 Å². The molecule has 0 bridgehead atoms. The molecule has 0 aliphatic carbocycles. The Bertz CT molecular complexity index is 1040. The summed E-state index contributed by atoms with van der Waals surface area (Å²) in [6, 6.07) is 27.9. The van der Waals surface area contributed by atoms with Crippen molar-refractivity contribution >= 4 is 30.4 Å². The van der Waals surface area contributed by atoms with Crippen LogP contribution in [0, 0.1) is 0 Å². The molecule has 36 heavy (non-hydrogen) atoms. The summed E-state index contributed by atoms with van der Waals surface area (Å²) in [6.45, 7) is 0.704. The van der Waals surface area contributed by atoms with Crippen molar-refractivity contribution in [3.63, 3.8) is 0 Å². The molecule has 0 aliphatic rings. The van der Waals surface area contributed by atoms with Crippen LogP contribution >= 0.6 is 12.6 Å². The Morgan fingerprint density at radius 2 is 0.972 bits per heavy atom. The zero-order chi connectivity index (χ0) is 25.6. The van der Waals surface area contributed by atoms with E-state index in [1.54, 1.807) is 0 Å². The summed E-state index contributed by atoms with van der Waals surface area (Å²) >= 11 is 4.43. The normalized spacial score (nSPS) is 11.5. The number of hydrogen-bond donors (Lipinski definition) is 4. The van der Waals surface area contributed by atoms with Crippen molar-refractivity contribution < 1.29 is 14.4 Å². The number of carbonyl (C=O) groups is 3. The van der Waals surface area contributed by atoms with Crippen molar-refractivity contribution in [2.45, 2.75) is 37.0 Å². The quantitative estimate of drug-likeness (QED) is 0.214. The van der Waals surface area contributed by atoms with Crippen molar-refractivity contribution in [1.29, 1.82) is 0 Å². The lowest BCUT2D eigenvalue weighted by atomic mass is 10.1. The maximum atomic E-state index is 12.9. The van der Waals surface area contributed by atoms with E-state index in [9.17, 15) is 14.4 Å².